The smallest absolute Gasteiger partial charge is 0.334 e. The molecular formula is C32H40O7. The Kier molecular flexibility index (Phi) is 5.29. The second-order valence-corrected chi connectivity index (χ2v) is 13.8. The molecule has 39 heavy (non-hydrogen) atoms. The molecule has 2 heterocycles. The van der Waals surface area contributed by atoms with E-state index in [4.69, 9.17) is 14.2 Å². The number of esters is 3. The van der Waals surface area contributed by atoms with Crippen LogP contribution in [0, 0.1) is 52.3 Å². The van der Waals surface area contributed by atoms with E-state index in [1.165, 1.54) is 18.1 Å². The van der Waals surface area contributed by atoms with E-state index in [1.807, 2.05) is 0 Å². The molecule has 2 aliphatic heterocycles. The molecule has 0 amide bonds. The Morgan fingerprint density at radius 1 is 1.15 bits per heavy atom. The molecule has 0 aromatic heterocycles. The number of rotatable bonds is 1. The zero-order chi connectivity index (χ0) is 27.8. The maximum atomic E-state index is 14.2. The molecule has 7 nitrogen and oxygen atoms in total. The molecule has 0 aromatic carbocycles. The monoisotopic (exact) mass is 536 g/mol. The topological polar surface area (TPSA) is 99.1 Å². The fourth-order valence-corrected chi connectivity index (χ4v) is 10.7. The molecular weight excluding hydrogens is 496 g/mol. The maximum absolute atomic E-state index is 14.2. The zero-order valence-corrected chi connectivity index (χ0v) is 23.6. The van der Waals surface area contributed by atoms with Gasteiger partial charge in [-0.1, -0.05) is 50.1 Å². The van der Waals surface area contributed by atoms with E-state index >= 15 is 0 Å². The van der Waals surface area contributed by atoms with Gasteiger partial charge in [-0.3, -0.25) is 9.59 Å². The second-order valence-electron chi connectivity index (χ2n) is 13.8. The largest absolute Gasteiger partial charge is 0.461 e. The molecule has 5 aliphatic carbocycles. The SMILES string of the molecule is C=C1C(=O)OC2C[C@H](C)[C@@]34CC5(C(=O)OC6[C@@H](C)C7C(=C[C@H]65)[C@H](C)CC[C@@H]7O)C(C(C)=C3C[C@H]12)C4OC(C)=O. The van der Waals surface area contributed by atoms with E-state index in [0.29, 0.717) is 30.8 Å². The first-order chi connectivity index (χ1) is 18.4. The molecule has 6 unspecified atom stereocenters. The van der Waals surface area contributed by atoms with Crippen molar-refractivity contribution >= 4 is 17.9 Å². The van der Waals surface area contributed by atoms with E-state index in [2.05, 4.69) is 40.3 Å². The zero-order valence-electron chi connectivity index (χ0n) is 23.6. The highest BCUT2D eigenvalue weighted by Crippen LogP contribution is 2.76. The Labute approximate surface area is 230 Å². The van der Waals surface area contributed by atoms with Crippen LogP contribution in [-0.4, -0.2) is 47.4 Å². The molecule has 5 fully saturated rings. The number of ether oxygens (including phenoxy) is 3. The third kappa shape index (κ3) is 2.95. The van der Waals surface area contributed by atoms with Gasteiger partial charge < -0.3 is 19.3 Å². The molecule has 7 rings (SSSR count). The van der Waals surface area contributed by atoms with Gasteiger partial charge in [0.1, 0.15) is 18.3 Å². The van der Waals surface area contributed by atoms with E-state index in [1.54, 1.807) is 0 Å². The highest BCUT2D eigenvalue weighted by Gasteiger charge is 2.79. The number of hydrogen-bond donors (Lipinski definition) is 1. The molecule has 13 atom stereocenters. The van der Waals surface area contributed by atoms with Gasteiger partial charge in [0, 0.05) is 47.5 Å². The Morgan fingerprint density at radius 2 is 1.90 bits per heavy atom. The Hall–Kier alpha value is -2.41. The van der Waals surface area contributed by atoms with E-state index in [-0.39, 0.29) is 65.6 Å². The highest BCUT2D eigenvalue weighted by molar-refractivity contribution is 5.91. The number of carbonyl (C=O) groups is 3. The van der Waals surface area contributed by atoms with Gasteiger partial charge >= 0.3 is 17.9 Å². The number of carbonyl (C=O) groups excluding carboxylic acids is 3. The van der Waals surface area contributed by atoms with Crippen LogP contribution < -0.4 is 0 Å². The van der Waals surface area contributed by atoms with Gasteiger partial charge in [-0.15, -0.1) is 0 Å². The molecule has 7 heteroatoms. The number of fused-ring (bicyclic) bond motifs is 6. The Balaban J connectivity index is 1.40. The van der Waals surface area contributed by atoms with Crippen molar-refractivity contribution in [1.29, 1.82) is 0 Å². The van der Waals surface area contributed by atoms with Gasteiger partial charge in [0.2, 0.25) is 0 Å². The van der Waals surface area contributed by atoms with E-state index in [0.717, 1.165) is 18.4 Å². The normalized spacial score (nSPS) is 51.5. The number of aliphatic hydroxyl groups excluding tert-OH is 1. The summed E-state index contributed by atoms with van der Waals surface area (Å²) in [7, 11) is 0. The van der Waals surface area contributed by atoms with Crippen LogP contribution >= 0.6 is 0 Å². The molecule has 0 radical (unpaired) electrons. The summed E-state index contributed by atoms with van der Waals surface area (Å²) in [4.78, 5) is 39.2. The summed E-state index contributed by atoms with van der Waals surface area (Å²) in [5.74, 6) is -0.978. The van der Waals surface area contributed by atoms with Gasteiger partial charge in [0.25, 0.3) is 0 Å². The van der Waals surface area contributed by atoms with Gasteiger partial charge in [-0.05, 0) is 50.9 Å². The first-order valence-electron chi connectivity index (χ1n) is 14.8. The third-order valence-corrected chi connectivity index (χ3v) is 12.3. The minimum Gasteiger partial charge on any atom is -0.461 e. The fraction of sp³-hybridized carbons (Fsp3) is 0.719. The quantitative estimate of drug-likeness (QED) is 0.231. The van der Waals surface area contributed by atoms with Gasteiger partial charge in [-0.2, -0.15) is 0 Å². The molecule has 2 bridgehead atoms. The Bertz CT molecular complexity index is 1260. The van der Waals surface area contributed by atoms with Crippen molar-refractivity contribution < 1.29 is 33.7 Å². The summed E-state index contributed by atoms with van der Waals surface area (Å²) in [6.45, 7) is 14.1. The number of aliphatic hydroxyl groups is 1. The molecule has 7 aliphatic rings. The minimum absolute atomic E-state index is 0.00282. The number of hydrogen-bond acceptors (Lipinski definition) is 7. The maximum Gasteiger partial charge on any atom is 0.334 e. The van der Waals surface area contributed by atoms with Crippen molar-refractivity contribution in [3.8, 4) is 0 Å². The lowest BCUT2D eigenvalue weighted by Crippen LogP contribution is -2.48. The van der Waals surface area contributed by atoms with Crippen LogP contribution in [0.5, 0.6) is 0 Å². The summed E-state index contributed by atoms with van der Waals surface area (Å²) in [5, 5.41) is 11.0. The highest BCUT2D eigenvalue weighted by atomic mass is 16.6. The lowest BCUT2D eigenvalue weighted by atomic mass is 9.54. The summed E-state index contributed by atoms with van der Waals surface area (Å²) in [5.41, 5.74) is 2.76. The van der Waals surface area contributed by atoms with Crippen molar-refractivity contribution in [3.05, 3.63) is 34.9 Å². The van der Waals surface area contributed by atoms with Crippen LogP contribution in [0.4, 0.5) is 0 Å². The van der Waals surface area contributed by atoms with Gasteiger partial charge in [0.05, 0.1) is 11.5 Å². The predicted molar refractivity (Wildman–Crippen MR) is 141 cm³/mol. The van der Waals surface area contributed by atoms with Gasteiger partial charge in [-0.25, -0.2) is 4.79 Å². The van der Waals surface area contributed by atoms with E-state index in [9.17, 15) is 19.5 Å². The molecule has 3 saturated carbocycles. The van der Waals surface area contributed by atoms with E-state index < -0.39 is 23.0 Å². The fourth-order valence-electron chi connectivity index (χ4n) is 10.7. The van der Waals surface area contributed by atoms with Crippen LogP contribution in [0.3, 0.4) is 0 Å². The average Bonchev–Trinajstić information content (AvgIpc) is 3.46. The van der Waals surface area contributed by atoms with Crippen LogP contribution in [0.15, 0.2) is 34.9 Å². The van der Waals surface area contributed by atoms with Crippen LogP contribution in [0.25, 0.3) is 0 Å². The summed E-state index contributed by atoms with van der Waals surface area (Å²) < 4.78 is 18.3. The lowest BCUT2D eigenvalue weighted by molar-refractivity contribution is -0.157. The van der Waals surface area contributed by atoms with Crippen LogP contribution in [-0.2, 0) is 28.6 Å². The Morgan fingerprint density at radius 3 is 2.62 bits per heavy atom. The van der Waals surface area contributed by atoms with Crippen LogP contribution in [0.2, 0.25) is 0 Å². The van der Waals surface area contributed by atoms with Crippen molar-refractivity contribution in [1.82, 2.24) is 0 Å². The third-order valence-electron chi connectivity index (χ3n) is 12.3. The van der Waals surface area contributed by atoms with Crippen molar-refractivity contribution in [2.45, 2.75) is 91.1 Å². The molecule has 0 aromatic rings. The molecule has 210 valence electrons. The average molecular weight is 537 g/mol. The lowest BCUT2D eigenvalue weighted by Gasteiger charge is -2.47. The second kappa shape index (κ2) is 8.08. The van der Waals surface area contributed by atoms with Crippen molar-refractivity contribution in [2.24, 2.45) is 52.3 Å². The first kappa shape index (κ1) is 25.6. The van der Waals surface area contributed by atoms with Crippen LogP contribution in [0.1, 0.15) is 66.7 Å². The molecule has 2 spiro atoms. The van der Waals surface area contributed by atoms with Gasteiger partial charge in [0.15, 0.2) is 0 Å². The summed E-state index contributed by atoms with van der Waals surface area (Å²) in [6, 6.07) is 0. The minimum atomic E-state index is -0.825. The summed E-state index contributed by atoms with van der Waals surface area (Å²) in [6.07, 6.45) is 4.40. The first-order valence-corrected chi connectivity index (χ1v) is 14.8. The summed E-state index contributed by atoms with van der Waals surface area (Å²) >= 11 is 0. The van der Waals surface area contributed by atoms with Crippen molar-refractivity contribution in [2.75, 3.05) is 0 Å². The standard InChI is InChI=1S/C32H40O7/c1-13-7-8-23(34)25-17(5)27-22(10-19(13)25)32(30(36)39-27)12-31-14(2)9-24-20(15(3)29(35)38-24)11-21(31)16(4)26(32)28(31)37-18(6)33/h10,13-14,17,20,22-28,34H,3,7-9,11-12H2,1-2,4-6H3/t13-,14+,17+,20-,22-,23+,24?,25?,26?,27?,28?,31+,32?/m1/s1. The molecule has 2 saturated heterocycles. The predicted octanol–water partition coefficient (Wildman–Crippen LogP) is 4.29. The van der Waals surface area contributed by atoms with Crippen molar-refractivity contribution in [3.63, 3.8) is 0 Å². The molecule has 1 N–H and O–H groups in total.